The zero-order chi connectivity index (χ0) is 21.0. The Morgan fingerprint density at radius 2 is 1.69 bits per heavy atom. The van der Waals surface area contributed by atoms with E-state index in [4.69, 9.17) is 9.47 Å². The van der Waals surface area contributed by atoms with Gasteiger partial charge in [-0.1, -0.05) is 0 Å². The molecule has 0 saturated heterocycles. The predicted octanol–water partition coefficient (Wildman–Crippen LogP) is 3.58. The molecule has 0 aliphatic heterocycles. The van der Waals surface area contributed by atoms with Crippen LogP contribution in [-0.4, -0.2) is 36.0 Å². The van der Waals surface area contributed by atoms with Gasteiger partial charge in [0, 0.05) is 28.7 Å². The summed E-state index contributed by atoms with van der Waals surface area (Å²) in [6.45, 7) is 3.98. The smallest absolute Gasteiger partial charge is 0.275 e. The van der Waals surface area contributed by atoms with Crippen LogP contribution in [0.1, 0.15) is 27.3 Å². The van der Waals surface area contributed by atoms with E-state index in [1.165, 1.54) is 19.2 Å². The Morgan fingerprint density at radius 1 is 1.03 bits per heavy atom. The van der Waals surface area contributed by atoms with Crippen LogP contribution in [0.15, 0.2) is 53.6 Å². The summed E-state index contributed by atoms with van der Waals surface area (Å²) in [7, 11) is 3.12. The summed E-state index contributed by atoms with van der Waals surface area (Å²) in [5.41, 5.74) is 6.46. The van der Waals surface area contributed by atoms with Gasteiger partial charge >= 0.3 is 0 Å². The van der Waals surface area contributed by atoms with Crippen molar-refractivity contribution in [2.24, 2.45) is 5.10 Å². The quantitative estimate of drug-likeness (QED) is 0.495. The number of rotatable bonds is 6. The van der Waals surface area contributed by atoms with E-state index < -0.39 is 5.91 Å². The first-order valence-corrected chi connectivity index (χ1v) is 8.98. The number of ether oxygens (including phenoxy) is 2. The van der Waals surface area contributed by atoms with Gasteiger partial charge in [-0.05, 0) is 56.3 Å². The second kappa shape index (κ2) is 8.52. The minimum Gasteiger partial charge on any atom is -0.507 e. The number of aromatic nitrogens is 1. The van der Waals surface area contributed by atoms with Crippen molar-refractivity contribution in [1.82, 2.24) is 9.99 Å². The molecule has 1 heterocycles. The molecule has 2 aromatic carbocycles. The van der Waals surface area contributed by atoms with E-state index in [1.54, 1.807) is 19.4 Å². The van der Waals surface area contributed by atoms with Crippen LogP contribution >= 0.6 is 0 Å². The molecule has 0 radical (unpaired) electrons. The fourth-order valence-electron chi connectivity index (χ4n) is 3.10. The van der Waals surface area contributed by atoms with Gasteiger partial charge in [0.1, 0.15) is 17.2 Å². The van der Waals surface area contributed by atoms with Gasteiger partial charge in [-0.25, -0.2) is 5.43 Å². The third kappa shape index (κ3) is 4.24. The van der Waals surface area contributed by atoms with Crippen molar-refractivity contribution in [2.75, 3.05) is 14.2 Å². The fraction of sp³-hybridized carbons (Fsp3) is 0.182. The van der Waals surface area contributed by atoms with Gasteiger partial charge in [0.05, 0.1) is 26.0 Å². The molecule has 150 valence electrons. The third-order valence-corrected chi connectivity index (χ3v) is 4.62. The number of nitrogens with one attached hydrogen (secondary N) is 1. The molecule has 7 nitrogen and oxygen atoms in total. The van der Waals surface area contributed by atoms with Crippen LogP contribution < -0.4 is 14.9 Å². The Labute approximate surface area is 169 Å². The fourth-order valence-corrected chi connectivity index (χ4v) is 3.10. The number of hydrogen-bond acceptors (Lipinski definition) is 5. The second-order valence-electron chi connectivity index (χ2n) is 6.44. The normalized spacial score (nSPS) is 10.9. The number of hydrazone groups is 1. The van der Waals surface area contributed by atoms with Crippen LogP contribution in [0.3, 0.4) is 0 Å². The molecule has 0 aliphatic carbocycles. The van der Waals surface area contributed by atoms with E-state index in [1.807, 2.05) is 44.2 Å². The lowest BCUT2D eigenvalue weighted by Crippen LogP contribution is -2.17. The molecule has 0 unspecified atom stereocenters. The standard InChI is InChI=1S/C22H23N3O4/c1-14-11-16(15(2)25(14)17-5-7-18(28-3)8-6-17)13-23-24-22(27)20-10-9-19(29-4)12-21(20)26/h5-13,26H,1-4H3,(H,24,27)/b23-13-. The lowest BCUT2D eigenvalue weighted by Gasteiger charge is -2.10. The zero-order valence-corrected chi connectivity index (χ0v) is 16.8. The highest BCUT2D eigenvalue weighted by atomic mass is 16.5. The topological polar surface area (TPSA) is 85.1 Å². The van der Waals surface area contributed by atoms with E-state index in [0.717, 1.165) is 28.4 Å². The lowest BCUT2D eigenvalue weighted by molar-refractivity contribution is 0.0952. The van der Waals surface area contributed by atoms with Crippen molar-refractivity contribution < 1.29 is 19.4 Å². The van der Waals surface area contributed by atoms with E-state index in [2.05, 4.69) is 15.1 Å². The molecule has 0 bridgehead atoms. The summed E-state index contributed by atoms with van der Waals surface area (Å²) in [6.07, 6.45) is 1.58. The van der Waals surface area contributed by atoms with Crippen LogP contribution in [-0.2, 0) is 0 Å². The summed E-state index contributed by atoms with van der Waals surface area (Å²) in [5, 5.41) is 14.0. The first-order chi connectivity index (χ1) is 13.9. The molecule has 0 atom stereocenters. The molecule has 29 heavy (non-hydrogen) atoms. The molecule has 0 aliphatic rings. The third-order valence-electron chi connectivity index (χ3n) is 4.62. The Balaban J connectivity index is 1.76. The number of nitrogens with zero attached hydrogens (tertiary/aromatic N) is 2. The van der Waals surface area contributed by atoms with Gasteiger partial charge < -0.3 is 19.1 Å². The SMILES string of the molecule is COc1ccc(-n2c(C)cc(/C=N\NC(=O)c3ccc(OC)cc3O)c2C)cc1. The number of aromatic hydroxyl groups is 1. The van der Waals surface area contributed by atoms with E-state index in [0.29, 0.717) is 5.75 Å². The largest absolute Gasteiger partial charge is 0.507 e. The predicted molar refractivity (Wildman–Crippen MR) is 112 cm³/mol. The maximum absolute atomic E-state index is 12.3. The highest BCUT2D eigenvalue weighted by Gasteiger charge is 2.12. The molecule has 1 aromatic heterocycles. The molecule has 3 rings (SSSR count). The summed E-state index contributed by atoms with van der Waals surface area (Å²) in [6, 6.07) is 14.2. The number of benzene rings is 2. The highest BCUT2D eigenvalue weighted by Crippen LogP contribution is 2.24. The summed E-state index contributed by atoms with van der Waals surface area (Å²) >= 11 is 0. The molecule has 2 N–H and O–H groups in total. The first kappa shape index (κ1) is 20.0. The maximum Gasteiger partial charge on any atom is 0.275 e. The summed E-state index contributed by atoms with van der Waals surface area (Å²) < 4.78 is 12.3. The lowest BCUT2D eigenvalue weighted by atomic mass is 10.2. The van der Waals surface area contributed by atoms with Crippen LogP contribution in [0.2, 0.25) is 0 Å². The monoisotopic (exact) mass is 393 g/mol. The van der Waals surface area contributed by atoms with Crippen molar-refractivity contribution in [3.8, 4) is 22.9 Å². The summed E-state index contributed by atoms with van der Waals surface area (Å²) in [5.74, 6) is 0.580. The van der Waals surface area contributed by atoms with Crippen LogP contribution in [0.25, 0.3) is 5.69 Å². The molecule has 7 heteroatoms. The average Bonchev–Trinajstić information content (AvgIpc) is 3.01. The average molecular weight is 393 g/mol. The molecule has 0 spiro atoms. The Morgan fingerprint density at radius 3 is 2.31 bits per heavy atom. The van der Waals surface area contributed by atoms with Crippen molar-refractivity contribution in [3.05, 3.63) is 71.0 Å². The minimum atomic E-state index is -0.509. The number of carbonyl (C=O) groups is 1. The Bertz CT molecular complexity index is 1050. The van der Waals surface area contributed by atoms with Gasteiger partial charge in [0.15, 0.2) is 0 Å². The minimum absolute atomic E-state index is 0.117. The Hall–Kier alpha value is -3.74. The van der Waals surface area contributed by atoms with Crippen molar-refractivity contribution in [1.29, 1.82) is 0 Å². The maximum atomic E-state index is 12.3. The zero-order valence-electron chi connectivity index (χ0n) is 16.8. The number of phenols is 1. The Kier molecular flexibility index (Phi) is 5.87. The second-order valence-corrected chi connectivity index (χ2v) is 6.44. The molecule has 3 aromatic rings. The number of phenolic OH excluding ortho intramolecular Hbond substituents is 1. The number of carbonyl (C=O) groups excluding carboxylic acids is 1. The van der Waals surface area contributed by atoms with Gasteiger partial charge in [-0.2, -0.15) is 5.10 Å². The van der Waals surface area contributed by atoms with Crippen molar-refractivity contribution >= 4 is 12.1 Å². The van der Waals surface area contributed by atoms with Crippen LogP contribution in [0, 0.1) is 13.8 Å². The van der Waals surface area contributed by atoms with Gasteiger partial charge in [0.25, 0.3) is 5.91 Å². The van der Waals surface area contributed by atoms with Crippen molar-refractivity contribution in [3.63, 3.8) is 0 Å². The van der Waals surface area contributed by atoms with E-state index in [9.17, 15) is 9.90 Å². The number of aryl methyl sites for hydroxylation is 1. The van der Waals surface area contributed by atoms with Crippen LogP contribution in [0.4, 0.5) is 0 Å². The summed E-state index contributed by atoms with van der Waals surface area (Å²) in [4.78, 5) is 12.3. The first-order valence-electron chi connectivity index (χ1n) is 8.98. The molecule has 1 amide bonds. The number of hydrogen-bond donors (Lipinski definition) is 2. The van der Waals surface area contributed by atoms with Crippen molar-refractivity contribution in [2.45, 2.75) is 13.8 Å². The molecular weight excluding hydrogens is 370 g/mol. The van der Waals surface area contributed by atoms with Crippen LogP contribution in [0.5, 0.6) is 17.2 Å². The van der Waals surface area contributed by atoms with Gasteiger partial charge in [-0.15, -0.1) is 0 Å². The number of amides is 1. The van der Waals surface area contributed by atoms with Gasteiger partial charge in [0.2, 0.25) is 0 Å². The number of methoxy groups -OCH3 is 2. The van der Waals surface area contributed by atoms with E-state index in [-0.39, 0.29) is 11.3 Å². The van der Waals surface area contributed by atoms with Gasteiger partial charge in [-0.3, -0.25) is 4.79 Å². The molecular formula is C22H23N3O4. The molecule has 0 saturated carbocycles. The molecule has 0 fully saturated rings. The van der Waals surface area contributed by atoms with E-state index >= 15 is 0 Å². The highest BCUT2D eigenvalue weighted by molar-refractivity contribution is 5.97.